The summed E-state index contributed by atoms with van der Waals surface area (Å²) in [6.45, 7) is 1.11. The zero-order valence-corrected chi connectivity index (χ0v) is 15.6. The first-order valence-electron chi connectivity index (χ1n) is 4.74. The van der Waals surface area contributed by atoms with Gasteiger partial charge in [0.05, 0.1) is 33.7 Å². The fourth-order valence-corrected chi connectivity index (χ4v) is 0.564. The molecule has 4 N–H and O–H groups in total. The van der Waals surface area contributed by atoms with Gasteiger partial charge in [-0.25, -0.2) is 4.79 Å². The Hall–Kier alpha value is 0.218. The van der Waals surface area contributed by atoms with E-state index >= 15 is 0 Å². The number of carbonyl (C=O) groups is 2. The molecular weight excluding hydrogens is 450 g/mol. The molecule has 0 aromatic heterocycles. The zero-order valence-electron chi connectivity index (χ0n) is 12.3. The van der Waals surface area contributed by atoms with Gasteiger partial charge in [-0.2, -0.15) is 0 Å². The van der Waals surface area contributed by atoms with E-state index in [9.17, 15) is 14.7 Å². The Labute approximate surface area is 165 Å². The summed E-state index contributed by atoms with van der Waals surface area (Å²) in [6, 6.07) is 0. The third-order valence-corrected chi connectivity index (χ3v) is 1.56. The minimum atomic E-state index is -2.38. The Morgan fingerprint density at radius 2 is 1.30 bits per heavy atom. The summed E-state index contributed by atoms with van der Waals surface area (Å²) >= 11 is 0. The van der Waals surface area contributed by atoms with E-state index < -0.39 is 24.1 Å². The van der Waals surface area contributed by atoms with Gasteiger partial charge < -0.3 is 51.2 Å². The predicted molar refractivity (Wildman–Crippen MR) is 56.7 cm³/mol. The minimum Gasteiger partial charge on any atom is -2.00 e. The van der Waals surface area contributed by atoms with Crippen LogP contribution in [0.5, 0.6) is 0 Å². The molecule has 0 saturated heterocycles. The second-order valence-electron chi connectivity index (χ2n) is 4.28. The molecule has 0 aromatic rings. The van der Waals surface area contributed by atoms with Crippen molar-refractivity contribution < 1.29 is 107 Å². The third-order valence-electron chi connectivity index (χ3n) is 1.56. The van der Waals surface area contributed by atoms with E-state index in [1.807, 2.05) is 0 Å². The van der Waals surface area contributed by atoms with Crippen molar-refractivity contribution in [1.82, 2.24) is 0 Å². The summed E-state index contributed by atoms with van der Waals surface area (Å²) in [5, 5.41) is 42.5. The molecule has 0 aromatic carbocycles. The first kappa shape index (κ1) is 49.5. The SMILES string of the molecule is C[N+](C)(C)CCO.O=C([O-])C(O)C(O)C(=O)O.[Fe+3].[Fe+3].[Fe].[O-2].[O-2].[O-2]. The van der Waals surface area contributed by atoms with Crippen LogP contribution in [0.2, 0.25) is 0 Å². The van der Waals surface area contributed by atoms with E-state index in [0.29, 0.717) is 0 Å². The Morgan fingerprint density at radius 1 is 1.00 bits per heavy atom. The van der Waals surface area contributed by atoms with E-state index in [1.165, 1.54) is 0 Å². The maximum absolute atomic E-state index is 9.74. The van der Waals surface area contributed by atoms with Crippen LogP contribution in [-0.4, -0.2) is 83.4 Å². The molecule has 0 amide bonds. The second-order valence-corrected chi connectivity index (χ2v) is 4.28. The van der Waals surface area contributed by atoms with Crippen LogP contribution in [-0.2, 0) is 77.2 Å². The van der Waals surface area contributed by atoms with Gasteiger partial charge in [-0.3, -0.25) is 0 Å². The van der Waals surface area contributed by atoms with E-state index in [4.69, 9.17) is 20.4 Å². The molecular formula is C9H19Fe3NO10. The van der Waals surface area contributed by atoms with E-state index in [-0.39, 0.29) is 74.2 Å². The molecule has 0 fully saturated rings. The Bertz CT molecular complexity index is 246. The van der Waals surface area contributed by atoms with Crippen LogP contribution >= 0.6 is 0 Å². The van der Waals surface area contributed by atoms with E-state index in [0.717, 1.165) is 11.0 Å². The first-order valence-corrected chi connectivity index (χ1v) is 4.74. The molecule has 0 aliphatic heterocycles. The number of carboxylic acid groups (broad SMARTS) is 2. The molecule has 144 valence electrons. The topological polar surface area (TPSA) is 224 Å². The Balaban J connectivity index is -0.0000000267. The molecule has 0 heterocycles. The van der Waals surface area contributed by atoms with Gasteiger partial charge >= 0.3 is 40.1 Å². The van der Waals surface area contributed by atoms with Crippen LogP contribution in [0.3, 0.4) is 0 Å². The zero-order chi connectivity index (χ0) is 14.2. The second kappa shape index (κ2) is 24.5. The number of carbonyl (C=O) groups excluding carboxylic acids is 1. The molecule has 14 heteroatoms. The van der Waals surface area contributed by atoms with Crippen molar-refractivity contribution in [3.8, 4) is 0 Å². The van der Waals surface area contributed by atoms with Gasteiger partial charge in [0.1, 0.15) is 12.6 Å². The summed E-state index contributed by atoms with van der Waals surface area (Å²) in [5.74, 6) is -3.83. The molecule has 0 bridgehead atoms. The molecule has 0 aliphatic carbocycles. The van der Waals surface area contributed by atoms with Crippen molar-refractivity contribution in [3.05, 3.63) is 0 Å². The molecule has 11 nitrogen and oxygen atoms in total. The van der Waals surface area contributed by atoms with Crippen LogP contribution in [0, 0.1) is 0 Å². The normalized spacial score (nSPS) is 10.5. The summed E-state index contributed by atoms with van der Waals surface area (Å²) in [5.41, 5.74) is 0. The van der Waals surface area contributed by atoms with Crippen LogP contribution < -0.4 is 5.11 Å². The van der Waals surface area contributed by atoms with Gasteiger partial charge in [0.15, 0.2) is 6.10 Å². The number of rotatable bonds is 5. The number of carboxylic acids is 2. The van der Waals surface area contributed by atoms with Gasteiger partial charge in [0.25, 0.3) is 0 Å². The Kier molecular flexibility index (Phi) is 52.7. The fourth-order valence-electron chi connectivity index (χ4n) is 0.564. The smallest absolute Gasteiger partial charge is 2.00 e. The number of likely N-dealkylation sites (N-methyl/N-ethyl adjacent to an activating group) is 1. The van der Waals surface area contributed by atoms with Crippen molar-refractivity contribution in [1.29, 1.82) is 0 Å². The summed E-state index contributed by atoms with van der Waals surface area (Å²) in [4.78, 5) is 19.4. The van der Waals surface area contributed by atoms with Gasteiger partial charge in [-0.1, -0.05) is 0 Å². The van der Waals surface area contributed by atoms with Crippen molar-refractivity contribution in [2.24, 2.45) is 0 Å². The number of aliphatic carboxylic acids is 2. The monoisotopic (exact) mass is 469 g/mol. The molecule has 0 saturated carbocycles. The first-order chi connectivity index (χ1) is 7.52. The average Bonchev–Trinajstić information content (AvgIpc) is 2.14. The molecule has 2 unspecified atom stereocenters. The number of quaternary nitrogens is 1. The third kappa shape index (κ3) is 34.5. The van der Waals surface area contributed by atoms with Crippen LogP contribution in [0.4, 0.5) is 0 Å². The van der Waals surface area contributed by atoms with Crippen LogP contribution in [0.15, 0.2) is 0 Å². The van der Waals surface area contributed by atoms with Gasteiger partial charge in [0, 0.05) is 17.1 Å². The quantitative estimate of drug-likeness (QED) is 0.230. The predicted octanol–water partition coefficient (Wildman–Crippen LogP) is -4.14. The van der Waals surface area contributed by atoms with Gasteiger partial charge in [-0.05, 0) is 0 Å². The van der Waals surface area contributed by atoms with Crippen molar-refractivity contribution in [3.63, 3.8) is 0 Å². The van der Waals surface area contributed by atoms with E-state index in [1.54, 1.807) is 0 Å². The molecule has 23 heavy (non-hydrogen) atoms. The molecule has 2 atom stereocenters. The van der Waals surface area contributed by atoms with Crippen LogP contribution in [0.1, 0.15) is 0 Å². The maximum Gasteiger partial charge on any atom is 3.00 e. The number of aliphatic hydroxyl groups is 3. The van der Waals surface area contributed by atoms with Crippen molar-refractivity contribution in [2.45, 2.75) is 12.2 Å². The molecule has 0 aliphatic rings. The number of hydrogen-bond donors (Lipinski definition) is 4. The number of nitrogens with zero attached hydrogens (tertiary/aromatic N) is 1. The minimum absolute atomic E-state index is 0. The van der Waals surface area contributed by atoms with Crippen molar-refractivity contribution >= 4 is 11.9 Å². The summed E-state index contributed by atoms with van der Waals surface area (Å²) < 4.78 is 0.844. The van der Waals surface area contributed by atoms with E-state index in [2.05, 4.69) is 21.1 Å². The van der Waals surface area contributed by atoms with Gasteiger partial charge in [-0.15, -0.1) is 0 Å². The van der Waals surface area contributed by atoms with Gasteiger partial charge in [0.2, 0.25) is 0 Å². The maximum atomic E-state index is 9.74. The molecule has 0 rings (SSSR count). The summed E-state index contributed by atoms with van der Waals surface area (Å²) in [7, 11) is 6.16. The van der Waals surface area contributed by atoms with Crippen molar-refractivity contribution in [2.75, 3.05) is 34.3 Å². The van der Waals surface area contributed by atoms with Crippen LogP contribution in [0.25, 0.3) is 0 Å². The standard InChI is InChI=1S/C5H14NO.C4H6O6.3Fe.3O/c1-6(2,3)4-5-7;5-1(3(7)8)2(6)4(9)10;;;;;;/h7H,4-5H2,1-3H3;1-2,5-6H,(H,7,8)(H,9,10);;;;;;/q+1;;;2*+3;3*-2/p-1. The average molecular weight is 469 g/mol. The molecule has 2 radical (unpaired) electrons. The summed E-state index contributed by atoms with van der Waals surface area (Å²) in [6.07, 6.45) is -4.71. The largest absolute Gasteiger partial charge is 3.00 e. The number of hydrogen-bond acceptors (Lipinski definition) is 6. The number of aliphatic hydroxyl groups excluding tert-OH is 3. The molecule has 0 spiro atoms. The fraction of sp³-hybridized carbons (Fsp3) is 0.778. The Morgan fingerprint density at radius 3 is 1.35 bits per heavy atom.